The first kappa shape index (κ1) is 11.5. The Morgan fingerprint density at radius 1 is 1.25 bits per heavy atom. The van der Waals surface area contributed by atoms with Crippen LogP contribution >= 0.6 is 0 Å². The molecule has 0 amide bonds. The van der Waals surface area contributed by atoms with Crippen LogP contribution in [0.4, 0.5) is 5.82 Å². The highest BCUT2D eigenvalue weighted by Gasteiger charge is 2.28. The van der Waals surface area contributed by atoms with E-state index in [4.69, 9.17) is 4.42 Å². The molecule has 1 aliphatic heterocycles. The van der Waals surface area contributed by atoms with Crippen LogP contribution in [-0.4, -0.2) is 6.54 Å². The van der Waals surface area contributed by atoms with Crippen molar-refractivity contribution in [2.24, 2.45) is 0 Å². The lowest BCUT2D eigenvalue weighted by molar-refractivity contribution is -0.330. The first-order valence-corrected chi connectivity index (χ1v) is 7.02. The van der Waals surface area contributed by atoms with Gasteiger partial charge in [-0.2, -0.15) is 0 Å². The van der Waals surface area contributed by atoms with Gasteiger partial charge in [0.25, 0.3) is 5.82 Å². The van der Waals surface area contributed by atoms with Gasteiger partial charge < -0.3 is 4.42 Å². The molecule has 2 aromatic heterocycles. The number of hydrogen-bond donors (Lipinski definition) is 0. The van der Waals surface area contributed by atoms with E-state index < -0.39 is 0 Å². The van der Waals surface area contributed by atoms with Crippen LogP contribution in [0.1, 0.15) is 16.9 Å². The molecule has 0 saturated carbocycles. The largest absolute Gasteiger partial charge is 0.465 e. The van der Waals surface area contributed by atoms with E-state index in [1.54, 1.807) is 6.26 Å². The van der Waals surface area contributed by atoms with Gasteiger partial charge in [-0.25, -0.2) is 4.98 Å². The molecule has 0 fully saturated rings. The predicted octanol–water partition coefficient (Wildman–Crippen LogP) is 3.12. The van der Waals surface area contributed by atoms with Crippen LogP contribution < -0.4 is 9.88 Å². The van der Waals surface area contributed by atoms with E-state index in [1.807, 2.05) is 12.1 Å². The summed E-state index contributed by atoms with van der Waals surface area (Å²) in [4.78, 5) is 5.95. The summed E-state index contributed by atoms with van der Waals surface area (Å²) in [6.45, 7) is 4.00. The maximum atomic E-state index is 5.46. The second-order valence-electron chi connectivity index (χ2n) is 5.48. The Labute approximate surface area is 117 Å². The van der Waals surface area contributed by atoms with Gasteiger partial charge in [0.05, 0.1) is 12.8 Å². The highest BCUT2D eigenvalue weighted by Crippen LogP contribution is 2.27. The van der Waals surface area contributed by atoms with Gasteiger partial charge >= 0.3 is 0 Å². The number of nitrogens with one attached hydrogen (secondary N) is 1. The monoisotopic (exact) mass is 265 g/mol. The Morgan fingerprint density at radius 2 is 2.20 bits per heavy atom. The van der Waals surface area contributed by atoms with Gasteiger partial charge in [0.15, 0.2) is 0 Å². The summed E-state index contributed by atoms with van der Waals surface area (Å²) in [5, 5.41) is 1.29. The Balaban J connectivity index is 1.76. The Hall–Kier alpha value is -2.29. The number of aryl methyl sites for hydroxylation is 1. The van der Waals surface area contributed by atoms with Crippen LogP contribution in [0.2, 0.25) is 0 Å². The summed E-state index contributed by atoms with van der Waals surface area (Å²) in [5.74, 6) is 2.25. The maximum absolute atomic E-state index is 5.46. The summed E-state index contributed by atoms with van der Waals surface area (Å²) in [6, 6.07) is 12.8. The second-order valence-corrected chi connectivity index (χ2v) is 5.48. The van der Waals surface area contributed by atoms with Crippen molar-refractivity contribution in [3.8, 4) is 0 Å². The van der Waals surface area contributed by atoms with Crippen LogP contribution in [0.25, 0.3) is 10.9 Å². The molecule has 0 atom stereocenters. The van der Waals surface area contributed by atoms with Gasteiger partial charge in [-0.05, 0) is 36.8 Å². The summed E-state index contributed by atoms with van der Waals surface area (Å²) in [7, 11) is 0. The number of H-pyrrole nitrogens is 1. The average molecular weight is 265 g/mol. The third-order valence-corrected chi connectivity index (χ3v) is 3.99. The van der Waals surface area contributed by atoms with Crippen molar-refractivity contribution in [3.05, 3.63) is 59.5 Å². The third-order valence-electron chi connectivity index (χ3n) is 3.99. The minimum atomic E-state index is 0.827. The summed E-state index contributed by atoms with van der Waals surface area (Å²) < 4.78 is 5.46. The van der Waals surface area contributed by atoms with E-state index in [0.29, 0.717) is 0 Å². The number of pyridine rings is 1. The number of benzene rings is 1. The first-order valence-electron chi connectivity index (χ1n) is 7.02. The molecule has 1 aliphatic rings. The van der Waals surface area contributed by atoms with E-state index in [2.05, 4.69) is 41.1 Å². The normalized spacial score (nSPS) is 13.9. The SMILES string of the molecule is Cc1ccc2cc3c([nH+]c2c1)N(Cc1ccco1)CC3. The molecule has 0 aliphatic carbocycles. The van der Waals surface area contributed by atoms with Gasteiger partial charge in [0, 0.05) is 17.4 Å². The average Bonchev–Trinajstić information content (AvgIpc) is 3.08. The molecular formula is C17H17N2O+. The molecule has 20 heavy (non-hydrogen) atoms. The van der Waals surface area contributed by atoms with Gasteiger partial charge in [-0.15, -0.1) is 0 Å². The quantitative estimate of drug-likeness (QED) is 0.712. The van der Waals surface area contributed by atoms with E-state index in [-0.39, 0.29) is 0 Å². The molecule has 0 unspecified atom stereocenters. The maximum Gasteiger partial charge on any atom is 0.278 e. The Bertz CT molecular complexity index is 762. The van der Waals surface area contributed by atoms with Crippen molar-refractivity contribution in [1.29, 1.82) is 0 Å². The fraction of sp³-hybridized carbons (Fsp3) is 0.235. The lowest BCUT2D eigenvalue weighted by Gasteiger charge is -2.09. The van der Waals surface area contributed by atoms with Crippen molar-refractivity contribution in [2.45, 2.75) is 19.9 Å². The lowest BCUT2D eigenvalue weighted by atomic mass is 10.1. The first-order chi connectivity index (χ1) is 9.79. The zero-order valence-electron chi connectivity index (χ0n) is 11.5. The van der Waals surface area contributed by atoms with Crippen LogP contribution in [0.15, 0.2) is 47.1 Å². The van der Waals surface area contributed by atoms with Gasteiger partial charge in [-0.1, -0.05) is 12.1 Å². The standard InChI is InChI=1S/C17H16N2O/c1-12-4-5-13-10-14-6-7-19(11-15-3-2-8-20-15)17(14)18-16(13)9-12/h2-5,8-10H,6-7,11H2,1H3/p+1. The number of nitrogens with zero attached hydrogens (tertiary/aromatic N) is 1. The highest BCUT2D eigenvalue weighted by atomic mass is 16.3. The Kier molecular flexibility index (Phi) is 2.52. The van der Waals surface area contributed by atoms with Gasteiger partial charge in [0.1, 0.15) is 17.8 Å². The summed E-state index contributed by atoms with van der Waals surface area (Å²) >= 11 is 0. The molecule has 0 spiro atoms. The van der Waals surface area contributed by atoms with E-state index >= 15 is 0 Å². The van der Waals surface area contributed by atoms with Crippen LogP contribution in [-0.2, 0) is 13.0 Å². The van der Waals surface area contributed by atoms with Crippen LogP contribution in [0.5, 0.6) is 0 Å². The van der Waals surface area contributed by atoms with Crippen molar-refractivity contribution < 1.29 is 9.40 Å². The molecule has 3 aromatic rings. The molecule has 3 nitrogen and oxygen atoms in total. The van der Waals surface area contributed by atoms with Gasteiger partial charge in [-0.3, -0.25) is 4.90 Å². The number of rotatable bonds is 2. The third kappa shape index (κ3) is 1.86. The molecule has 3 heterocycles. The molecule has 1 aromatic carbocycles. The number of aromatic amines is 1. The molecular weight excluding hydrogens is 248 g/mol. The number of aromatic nitrogens is 1. The number of fused-ring (bicyclic) bond motifs is 2. The molecule has 100 valence electrons. The van der Waals surface area contributed by atoms with Crippen molar-refractivity contribution in [1.82, 2.24) is 0 Å². The minimum Gasteiger partial charge on any atom is -0.465 e. The van der Waals surface area contributed by atoms with Crippen LogP contribution in [0, 0.1) is 6.92 Å². The van der Waals surface area contributed by atoms with E-state index in [9.17, 15) is 0 Å². The molecule has 0 bridgehead atoms. The van der Waals surface area contributed by atoms with Crippen molar-refractivity contribution in [3.63, 3.8) is 0 Å². The molecule has 1 N–H and O–H groups in total. The van der Waals surface area contributed by atoms with Crippen LogP contribution in [0.3, 0.4) is 0 Å². The van der Waals surface area contributed by atoms with E-state index in [0.717, 1.165) is 25.3 Å². The topological polar surface area (TPSA) is 30.5 Å². The number of anilines is 1. The molecule has 0 saturated heterocycles. The fourth-order valence-electron chi connectivity index (χ4n) is 2.96. The molecule has 0 radical (unpaired) electrons. The van der Waals surface area contributed by atoms with Crippen molar-refractivity contribution >= 4 is 16.7 Å². The number of furan rings is 1. The fourth-order valence-corrected chi connectivity index (χ4v) is 2.96. The highest BCUT2D eigenvalue weighted by molar-refractivity contribution is 5.79. The Morgan fingerprint density at radius 3 is 3.05 bits per heavy atom. The minimum absolute atomic E-state index is 0.827. The zero-order chi connectivity index (χ0) is 13.5. The smallest absolute Gasteiger partial charge is 0.278 e. The predicted molar refractivity (Wildman–Crippen MR) is 78.7 cm³/mol. The number of hydrogen-bond acceptors (Lipinski definition) is 2. The zero-order valence-corrected chi connectivity index (χ0v) is 11.5. The van der Waals surface area contributed by atoms with Gasteiger partial charge in [0.2, 0.25) is 0 Å². The lowest BCUT2D eigenvalue weighted by Crippen LogP contribution is -2.25. The van der Waals surface area contributed by atoms with Crippen molar-refractivity contribution in [2.75, 3.05) is 11.4 Å². The summed E-state index contributed by atoms with van der Waals surface area (Å²) in [5.41, 5.74) is 3.88. The molecule has 4 rings (SSSR count). The molecule has 3 heteroatoms. The second kappa shape index (κ2) is 4.37. The summed E-state index contributed by atoms with van der Waals surface area (Å²) in [6.07, 6.45) is 2.83. The van der Waals surface area contributed by atoms with E-state index in [1.165, 1.54) is 27.8 Å².